The molecule has 1 aliphatic rings. The van der Waals surface area contributed by atoms with Gasteiger partial charge in [-0.15, -0.1) is 0 Å². The SMILES string of the molecule is CC(C)C[C@H]1CSC(=Nc2ccc(C#N)cc2C(F)(F)F)N1C. The Morgan fingerprint density at radius 3 is 2.70 bits per heavy atom. The predicted octanol–water partition coefficient (Wildman–Crippen LogP) is 4.66. The molecular formula is C16H18F3N3S. The van der Waals surface area contributed by atoms with Crippen LogP contribution >= 0.6 is 11.8 Å². The normalized spacial score (nSPS) is 20.3. The molecule has 1 atom stereocenters. The average molecular weight is 341 g/mol. The molecule has 7 heteroatoms. The van der Waals surface area contributed by atoms with Crippen molar-refractivity contribution in [3.05, 3.63) is 29.3 Å². The van der Waals surface area contributed by atoms with E-state index in [2.05, 4.69) is 18.8 Å². The molecule has 1 heterocycles. The number of thioether (sulfide) groups is 1. The molecule has 23 heavy (non-hydrogen) atoms. The van der Waals surface area contributed by atoms with Crippen LogP contribution in [0.25, 0.3) is 0 Å². The second-order valence-electron chi connectivity index (χ2n) is 5.94. The third-order valence-corrected chi connectivity index (χ3v) is 4.83. The Bertz CT molecular complexity index is 647. The number of halogens is 3. The number of hydrogen-bond donors (Lipinski definition) is 0. The van der Waals surface area contributed by atoms with Gasteiger partial charge in [0.15, 0.2) is 5.17 Å². The summed E-state index contributed by atoms with van der Waals surface area (Å²) in [6.07, 6.45) is -3.56. The molecule has 1 fully saturated rings. The van der Waals surface area contributed by atoms with Crippen LogP contribution in [-0.2, 0) is 6.18 Å². The Hall–Kier alpha value is -1.68. The van der Waals surface area contributed by atoms with Crippen molar-refractivity contribution >= 4 is 22.6 Å². The Morgan fingerprint density at radius 2 is 2.13 bits per heavy atom. The van der Waals surface area contributed by atoms with E-state index in [1.807, 2.05) is 11.9 Å². The van der Waals surface area contributed by atoms with Gasteiger partial charge in [-0.05, 0) is 30.5 Å². The van der Waals surface area contributed by atoms with Gasteiger partial charge in [-0.1, -0.05) is 25.6 Å². The smallest absolute Gasteiger partial charge is 0.350 e. The number of alkyl halides is 3. The van der Waals surface area contributed by atoms with Crippen LogP contribution in [0.4, 0.5) is 18.9 Å². The Morgan fingerprint density at radius 1 is 1.43 bits per heavy atom. The van der Waals surface area contributed by atoms with Crippen LogP contribution in [0.15, 0.2) is 23.2 Å². The van der Waals surface area contributed by atoms with Crippen LogP contribution in [0.1, 0.15) is 31.4 Å². The number of amidine groups is 1. The molecule has 0 unspecified atom stereocenters. The van der Waals surface area contributed by atoms with Gasteiger partial charge in [0.25, 0.3) is 0 Å². The first-order valence-electron chi connectivity index (χ1n) is 7.28. The summed E-state index contributed by atoms with van der Waals surface area (Å²) in [4.78, 5) is 6.16. The highest BCUT2D eigenvalue weighted by Gasteiger charge is 2.35. The first-order chi connectivity index (χ1) is 10.7. The van der Waals surface area contributed by atoms with Crippen molar-refractivity contribution in [2.45, 2.75) is 32.5 Å². The fraction of sp³-hybridized carbons (Fsp3) is 0.500. The van der Waals surface area contributed by atoms with Crippen molar-refractivity contribution in [2.24, 2.45) is 10.9 Å². The van der Waals surface area contributed by atoms with E-state index < -0.39 is 11.7 Å². The van der Waals surface area contributed by atoms with Crippen molar-refractivity contribution < 1.29 is 13.2 Å². The molecule has 0 saturated carbocycles. The molecule has 124 valence electrons. The van der Waals surface area contributed by atoms with Gasteiger partial charge in [-0.2, -0.15) is 18.4 Å². The van der Waals surface area contributed by atoms with E-state index in [0.29, 0.717) is 11.1 Å². The van der Waals surface area contributed by atoms with E-state index in [1.165, 1.54) is 23.9 Å². The first-order valence-corrected chi connectivity index (χ1v) is 8.26. The standard InChI is InChI=1S/C16H18F3N3S/c1-10(2)6-12-9-23-15(22(12)3)21-14-5-4-11(8-20)7-13(14)16(17,18)19/h4-5,7,10,12H,6,9H2,1-3H3/t12-/m0/s1. The maximum Gasteiger partial charge on any atom is 0.418 e. The van der Waals surface area contributed by atoms with Gasteiger partial charge >= 0.3 is 6.18 Å². The molecule has 0 spiro atoms. The molecule has 1 saturated heterocycles. The molecule has 0 radical (unpaired) electrons. The summed E-state index contributed by atoms with van der Waals surface area (Å²) >= 11 is 1.47. The summed E-state index contributed by atoms with van der Waals surface area (Å²) in [5.74, 6) is 1.34. The van der Waals surface area contributed by atoms with Gasteiger partial charge in [0.1, 0.15) is 0 Å². The Labute approximate surface area is 138 Å². The molecule has 3 nitrogen and oxygen atoms in total. The third kappa shape index (κ3) is 4.20. The maximum absolute atomic E-state index is 13.2. The summed E-state index contributed by atoms with van der Waals surface area (Å²) in [5, 5.41) is 9.39. The van der Waals surface area contributed by atoms with Crippen molar-refractivity contribution in [3.8, 4) is 6.07 Å². The zero-order valence-electron chi connectivity index (χ0n) is 13.2. The van der Waals surface area contributed by atoms with Gasteiger partial charge in [0, 0.05) is 18.8 Å². The van der Waals surface area contributed by atoms with Gasteiger partial charge in [0.2, 0.25) is 0 Å². The van der Waals surface area contributed by atoms with E-state index in [-0.39, 0.29) is 17.3 Å². The zero-order chi connectivity index (χ0) is 17.2. The van der Waals surface area contributed by atoms with Crippen molar-refractivity contribution in [2.75, 3.05) is 12.8 Å². The zero-order valence-corrected chi connectivity index (χ0v) is 14.0. The minimum Gasteiger partial charge on any atom is -0.350 e. The molecular weight excluding hydrogens is 323 g/mol. The minimum atomic E-state index is -4.54. The highest BCUT2D eigenvalue weighted by molar-refractivity contribution is 8.14. The molecule has 1 aromatic carbocycles. The van der Waals surface area contributed by atoms with Crippen LogP contribution in [0, 0.1) is 17.2 Å². The van der Waals surface area contributed by atoms with E-state index in [9.17, 15) is 13.2 Å². The molecule has 0 N–H and O–H groups in total. The predicted molar refractivity (Wildman–Crippen MR) is 86.7 cm³/mol. The number of rotatable bonds is 3. The molecule has 2 rings (SSSR count). The fourth-order valence-corrected chi connectivity index (χ4v) is 3.67. The largest absolute Gasteiger partial charge is 0.418 e. The molecule has 0 bridgehead atoms. The number of hydrogen-bond acceptors (Lipinski definition) is 3. The number of nitrogens with zero attached hydrogens (tertiary/aromatic N) is 3. The lowest BCUT2D eigenvalue weighted by Gasteiger charge is -2.22. The number of aliphatic imine (C=N–C) groups is 1. The van der Waals surface area contributed by atoms with Crippen molar-refractivity contribution in [1.82, 2.24) is 4.90 Å². The van der Waals surface area contributed by atoms with Crippen molar-refractivity contribution in [3.63, 3.8) is 0 Å². The lowest BCUT2D eigenvalue weighted by molar-refractivity contribution is -0.137. The van der Waals surface area contributed by atoms with Gasteiger partial charge in [0.05, 0.1) is 22.9 Å². The summed E-state index contributed by atoms with van der Waals surface area (Å²) < 4.78 is 39.6. The maximum atomic E-state index is 13.2. The molecule has 1 aliphatic heterocycles. The van der Waals surface area contributed by atoms with Crippen LogP contribution in [0.5, 0.6) is 0 Å². The van der Waals surface area contributed by atoms with Crippen LogP contribution < -0.4 is 0 Å². The van der Waals surface area contributed by atoms with Crippen LogP contribution in [0.2, 0.25) is 0 Å². The summed E-state index contributed by atoms with van der Waals surface area (Å²) in [6, 6.07) is 5.49. The second-order valence-corrected chi connectivity index (χ2v) is 6.93. The monoisotopic (exact) mass is 341 g/mol. The highest BCUT2D eigenvalue weighted by atomic mass is 32.2. The van der Waals surface area contributed by atoms with Crippen LogP contribution in [-0.4, -0.2) is 28.9 Å². The molecule has 0 aliphatic carbocycles. The Kier molecular flexibility index (Phi) is 5.25. The molecule has 0 amide bonds. The highest BCUT2D eigenvalue weighted by Crippen LogP contribution is 2.38. The van der Waals surface area contributed by atoms with E-state index in [1.54, 1.807) is 6.07 Å². The summed E-state index contributed by atoms with van der Waals surface area (Å²) in [5.41, 5.74) is -1.03. The number of benzene rings is 1. The minimum absolute atomic E-state index is 0.0219. The first kappa shape index (κ1) is 17.7. The summed E-state index contributed by atoms with van der Waals surface area (Å²) in [6.45, 7) is 4.24. The average Bonchev–Trinajstić information content (AvgIpc) is 2.79. The molecule has 0 aromatic heterocycles. The number of nitriles is 1. The van der Waals surface area contributed by atoms with Gasteiger partial charge in [-0.3, -0.25) is 0 Å². The van der Waals surface area contributed by atoms with Crippen LogP contribution in [0.3, 0.4) is 0 Å². The second kappa shape index (κ2) is 6.83. The molecule has 1 aromatic rings. The van der Waals surface area contributed by atoms with Crippen molar-refractivity contribution in [1.29, 1.82) is 5.26 Å². The summed E-state index contributed by atoms with van der Waals surface area (Å²) in [7, 11) is 1.86. The lowest BCUT2D eigenvalue weighted by Crippen LogP contribution is -2.31. The van der Waals surface area contributed by atoms with Gasteiger partial charge in [-0.25, -0.2) is 4.99 Å². The van der Waals surface area contributed by atoms with E-state index >= 15 is 0 Å². The topological polar surface area (TPSA) is 39.4 Å². The van der Waals surface area contributed by atoms with E-state index in [4.69, 9.17) is 5.26 Å². The van der Waals surface area contributed by atoms with E-state index in [0.717, 1.165) is 18.2 Å². The Balaban J connectivity index is 2.35. The quantitative estimate of drug-likeness (QED) is 0.803. The fourth-order valence-electron chi connectivity index (χ4n) is 2.46. The lowest BCUT2D eigenvalue weighted by atomic mass is 10.0. The third-order valence-electron chi connectivity index (χ3n) is 3.64. The van der Waals surface area contributed by atoms with Gasteiger partial charge < -0.3 is 4.90 Å².